The number of halogens is 1. The Balaban J connectivity index is 2.99. The van der Waals surface area contributed by atoms with E-state index in [2.05, 4.69) is 0 Å². The molecule has 18 heavy (non-hydrogen) atoms. The van der Waals surface area contributed by atoms with Crippen LogP contribution in [0.1, 0.15) is 32.8 Å². The van der Waals surface area contributed by atoms with Gasteiger partial charge in [-0.1, -0.05) is 37.6 Å². The molecule has 0 saturated carbocycles. The van der Waals surface area contributed by atoms with E-state index in [1.165, 1.54) is 0 Å². The van der Waals surface area contributed by atoms with E-state index < -0.39 is 11.6 Å². The highest BCUT2D eigenvalue weighted by Crippen LogP contribution is 2.34. The topological polar surface area (TPSA) is 46.5 Å². The summed E-state index contributed by atoms with van der Waals surface area (Å²) in [6.07, 6.45) is -0.0554. The Hall–Kier alpha value is -1.06. The van der Waals surface area contributed by atoms with Gasteiger partial charge in [0.05, 0.1) is 13.0 Å². The molecule has 100 valence electrons. The van der Waals surface area contributed by atoms with Crippen molar-refractivity contribution in [1.29, 1.82) is 0 Å². The Labute approximate surface area is 113 Å². The first-order valence-electron chi connectivity index (χ1n) is 6.04. The van der Waals surface area contributed by atoms with Crippen molar-refractivity contribution in [2.45, 2.75) is 32.8 Å². The summed E-state index contributed by atoms with van der Waals surface area (Å²) >= 11 is 5.82. The van der Waals surface area contributed by atoms with E-state index in [0.29, 0.717) is 17.2 Å². The van der Waals surface area contributed by atoms with Gasteiger partial charge in [0.25, 0.3) is 0 Å². The molecule has 4 heteroatoms. The van der Waals surface area contributed by atoms with Crippen molar-refractivity contribution < 1.29 is 14.6 Å². The summed E-state index contributed by atoms with van der Waals surface area (Å²) in [6.45, 7) is 5.80. The number of hydrogen-bond donors (Lipinski definition) is 1. The third kappa shape index (κ3) is 3.47. The predicted octanol–water partition coefficient (Wildman–Crippen LogP) is 3.14. The second kappa shape index (κ2) is 6.21. The molecule has 1 rings (SSSR count). The summed E-state index contributed by atoms with van der Waals surface area (Å²) in [7, 11) is 0. The normalized spacial score (nSPS) is 14.3. The fourth-order valence-electron chi connectivity index (χ4n) is 1.81. The quantitative estimate of drug-likeness (QED) is 0.836. The molecule has 0 aromatic heterocycles. The lowest BCUT2D eigenvalue weighted by molar-refractivity contribution is -0.151. The number of carbonyl (C=O) groups is 1. The first-order chi connectivity index (χ1) is 8.40. The molecule has 0 saturated heterocycles. The monoisotopic (exact) mass is 270 g/mol. The van der Waals surface area contributed by atoms with E-state index in [1.807, 2.05) is 13.8 Å². The molecule has 0 heterocycles. The van der Waals surface area contributed by atoms with E-state index in [-0.39, 0.29) is 12.3 Å². The molecular formula is C14H19ClO3. The lowest BCUT2D eigenvalue weighted by Crippen LogP contribution is -2.35. The number of rotatable bonds is 5. The largest absolute Gasteiger partial charge is 0.466 e. The minimum Gasteiger partial charge on any atom is -0.466 e. The highest BCUT2D eigenvalue weighted by molar-refractivity contribution is 6.30. The van der Waals surface area contributed by atoms with Crippen LogP contribution < -0.4 is 0 Å². The molecule has 0 radical (unpaired) electrons. The molecule has 0 aliphatic rings. The third-order valence-corrected chi connectivity index (χ3v) is 3.27. The summed E-state index contributed by atoms with van der Waals surface area (Å²) in [6, 6.07) is 6.88. The Morgan fingerprint density at radius 2 is 1.94 bits per heavy atom. The second-order valence-electron chi connectivity index (χ2n) is 4.57. The molecule has 1 aromatic carbocycles. The van der Waals surface area contributed by atoms with Gasteiger partial charge in [0.2, 0.25) is 0 Å². The zero-order chi connectivity index (χ0) is 13.8. The summed E-state index contributed by atoms with van der Waals surface area (Å²) in [5.74, 6) is -0.508. The lowest BCUT2D eigenvalue weighted by atomic mass is 9.81. The van der Waals surface area contributed by atoms with Gasteiger partial charge in [0, 0.05) is 5.02 Å². The van der Waals surface area contributed by atoms with Crippen LogP contribution in [0.5, 0.6) is 0 Å². The fourth-order valence-corrected chi connectivity index (χ4v) is 1.94. The van der Waals surface area contributed by atoms with E-state index in [4.69, 9.17) is 16.3 Å². The van der Waals surface area contributed by atoms with Crippen molar-refractivity contribution in [3.8, 4) is 0 Å². The van der Waals surface area contributed by atoms with Crippen LogP contribution in [0, 0.1) is 5.92 Å². The van der Waals surface area contributed by atoms with Crippen molar-refractivity contribution in [2.24, 2.45) is 5.92 Å². The van der Waals surface area contributed by atoms with Gasteiger partial charge in [-0.15, -0.1) is 0 Å². The summed E-state index contributed by atoms with van der Waals surface area (Å²) in [5.41, 5.74) is -0.549. The molecular weight excluding hydrogens is 252 g/mol. The van der Waals surface area contributed by atoms with Crippen molar-refractivity contribution in [3.63, 3.8) is 0 Å². The van der Waals surface area contributed by atoms with E-state index >= 15 is 0 Å². The average molecular weight is 271 g/mol. The maximum Gasteiger partial charge on any atom is 0.309 e. The Kier molecular flexibility index (Phi) is 5.17. The molecule has 1 aromatic rings. The summed E-state index contributed by atoms with van der Waals surface area (Å²) in [4.78, 5) is 11.6. The van der Waals surface area contributed by atoms with Gasteiger partial charge in [-0.3, -0.25) is 4.79 Å². The van der Waals surface area contributed by atoms with Crippen LogP contribution in [0.25, 0.3) is 0 Å². The van der Waals surface area contributed by atoms with Crippen LogP contribution in [0.4, 0.5) is 0 Å². The lowest BCUT2D eigenvalue weighted by Gasteiger charge is -2.31. The van der Waals surface area contributed by atoms with Crippen LogP contribution in [0.15, 0.2) is 24.3 Å². The zero-order valence-electron chi connectivity index (χ0n) is 10.9. The van der Waals surface area contributed by atoms with Crippen LogP contribution >= 0.6 is 11.6 Å². The van der Waals surface area contributed by atoms with Gasteiger partial charge in [-0.25, -0.2) is 0 Å². The van der Waals surface area contributed by atoms with Gasteiger partial charge >= 0.3 is 5.97 Å². The smallest absolute Gasteiger partial charge is 0.309 e. The highest BCUT2D eigenvalue weighted by atomic mass is 35.5. The molecule has 3 nitrogen and oxygen atoms in total. The predicted molar refractivity (Wildman–Crippen MR) is 71.4 cm³/mol. The molecule has 0 aliphatic heterocycles. The van der Waals surface area contributed by atoms with E-state index in [1.54, 1.807) is 31.2 Å². The first kappa shape index (κ1) is 15.0. The van der Waals surface area contributed by atoms with Gasteiger partial charge in [0.15, 0.2) is 0 Å². The highest BCUT2D eigenvalue weighted by Gasteiger charge is 2.36. The Morgan fingerprint density at radius 1 is 1.39 bits per heavy atom. The molecule has 1 N–H and O–H groups in total. The van der Waals surface area contributed by atoms with Gasteiger partial charge in [0.1, 0.15) is 5.60 Å². The average Bonchev–Trinajstić information content (AvgIpc) is 2.29. The number of carbonyl (C=O) groups excluding carboxylic acids is 1. The number of aliphatic hydroxyl groups is 1. The molecule has 1 atom stereocenters. The van der Waals surface area contributed by atoms with Crippen molar-refractivity contribution in [2.75, 3.05) is 6.61 Å². The maximum absolute atomic E-state index is 11.6. The zero-order valence-corrected chi connectivity index (χ0v) is 11.7. The second-order valence-corrected chi connectivity index (χ2v) is 5.00. The number of benzene rings is 1. The van der Waals surface area contributed by atoms with Gasteiger partial charge < -0.3 is 9.84 Å². The molecule has 0 unspecified atom stereocenters. The molecule has 0 bridgehead atoms. The number of esters is 1. The van der Waals surface area contributed by atoms with Gasteiger partial charge in [-0.2, -0.15) is 0 Å². The molecule has 0 aliphatic carbocycles. The standard InChI is InChI=1S/C14H19ClO3/c1-4-18-13(16)9-14(17,10(2)3)11-5-7-12(15)8-6-11/h5-8,10,17H,4,9H2,1-3H3/t14-/m1/s1. The minimum absolute atomic E-state index is 0.0554. The van der Waals surface area contributed by atoms with Gasteiger partial charge in [-0.05, 0) is 30.5 Å². The van der Waals surface area contributed by atoms with E-state index in [9.17, 15) is 9.90 Å². The van der Waals surface area contributed by atoms with Crippen molar-refractivity contribution in [1.82, 2.24) is 0 Å². The third-order valence-electron chi connectivity index (χ3n) is 3.02. The molecule has 0 amide bonds. The SMILES string of the molecule is CCOC(=O)C[C@](O)(c1ccc(Cl)cc1)C(C)C. The van der Waals surface area contributed by atoms with Crippen molar-refractivity contribution >= 4 is 17.6 Å². The summed E-state index contributed by atoms with van der Waals surface area (Å²) in [5, 5.41) is 11.3. The first-order valence-corrected chi connectivity index (χ1v) is 6.42. The van der Waals surface area contributed by atoms with Crippen molar-refractivity contribution in [3.05, 3.63) is 34.9 Å². The molecule has 0 fully saturated rings. The minimum atomic E-state index is -1.23. The Bertz CT molecular complexity index is 400. The summed E-state index contributed by atoms with van der Waals surface area (Å²) < 4.78 is 4.91. The fraction of sp³-hybridized carbons (Fsp3) is 0.500. The van der Waals surface area contributed by atoms with Crippen LogP contribution in [-0.2, 0) is 15.1 Å². The Morgan fingerprint density at radius 3 is 2.39 bits per heavy atom. The maximum atomic E-state index is 11.6. The number of hydrogen-bond acceptors (Lipinski definition) is 3. The van der Waals surface area contributed by atoms with E-state index in [0.717, 1.165) is 0 Å². The van der Waals surface area contributed by atoms with Crippen LogP contribution in [-0.4, -0.2) is 17.7 Å². The molecule has 0 spiro atoms. The van der Waals surface area contributed by atoms with Crippen LogP contribution in [0.3, 0.4) is 0 Å². The van der Waals surface area contributed by atoms with Crippen LogP contribution in [0.2, 0.25) is 5.02 Å². The number of ether oxygens (including phenoxy) is 1.